The normalized spacial score (nSPS) is 18.9. The number of fused-ring (bicyclic) bond motifs is 1. The highest BCUT2D eigenvalue weighted by molar-refractivity contribution is 5.69. The summed E-state index contributed by atoms with van der Waals surface area (Å²) in [6, 6.07) is 0. The Kier molecular flexibility index (Phi) is 4.19. The standard InChI is InChI=1S/C16H20N2O4/c1-3-20-14(19)5-7-18-11-12-10-16(21-8-9-22-16)6-4-13(12)15(18)17-2/h11H,3-10H2,1H3. The summed E-state index contributed by atoms with van der Waals surface area (Å²) < 4.78 is 18.3. The summed E-state index contributed by atoms with van der Waals surface area (Å²) in [6.07, 6.45) is 4.48. The molecule has 118 valence electrons. The highest BCUT2D eigenvalue weighted by Gasteiger charge is 2.41. The average molecular weight is 304 g/mol. The number of hydrogen-bond donors (Lipinski definition) is 0. The lowest BCUT2D eigenvalue weighted by Crippen LogP contribution is -2.36. The lowest BCUT2D eigenvalue weighted by Gasteiger charge is -2.31. The van der Waals surface area contributed by atoms with Gasteiger partial charge in [-0.1, -0.05) is 6.57 Å². The van der Waals surface area contributed by atoms with E-state index in [1.807, 2.05) is 10.8 Å². The van der Waals surface area contributed by atoms with E-state index in [4.69, 9.17) is 20.8 Å². The topological polar surface area (TPSA) is 54.1 Å². The fourth-order valence-corrected chi connectivity index (χ4v) is 3.25. The zero-order valence-electron chi connectivity index (χ0n) is 12.8. The van der Waals surface area contributed by atoms with Crippen LogP contribution in [0, 0.1) is 6.57 Å². The van der Waals surface area contributed by atoms with Crippen LogP contribution in [-0.2, 0) is 38.4 Å². The molecule has 2 heterocycles. The van der Waals surface area contributed by atoms with E-state index in [1.165, 1.54) is 0 Å². The second-order valence-corrected chi connectivity index (χ2v) is 5.60. The molecule has 0 amide bonds. The maximum Gasteiger partial charge on any atom is 0.309 e. The van der Waals surface area contributed by atoms with Gasteiger partial charge in [-0.3, -0.25) is 9.36 Å². The summed E-state index contributed by atoms with van der Waals surface area (Å²) in [5.41, 5.74) is 2.17. The van der Waals surface area contributed by atoms with Gasteiger partial charge in [0, 0.05) is 12.8 Å². The Morgan fingerprint density at radius 3 is 2.95 bits per heavy atom. The molecule has 22 heavy (non-hydrogen) atoms. The van der Waals surface area contributed by atoms with Gasteiger partial charge in [0.15, 0.2) is 5.79 Å². The minimum atomic E-state index is -0.500. The van der Waals surface area contributed by atoms with Crippen molar-refractivity contribution in [3.63, 3.8) is 0 Å². The minimum Gasteiger partial charge on any atom is -0.466 e. The molecule has 3 rings (SSSR count). The van der Waals surface area contributed by atoms with Gasteiger partial charge in [0.1, 0.15) is 0 Å². The van der Waals surface area contributed by atoms with Crippen LogP contribution in [0.5, 0.6) is 0 Å². The summed E-state index contributed by atoms with van der Waals surface area (Å²) in [5, 5.41) is 0. The van der Waals surface area contributed by atoms with Crippen LogP contribution in [0.3, 0.4) is 0 Å². The highest BCUT2D eigenvalue weighted by atomic mass is 16.7. The van der Waals surface area contributed by atoms with E-state index in [0.29, 0.717) is 38.6 Å². The van der Waals surface area contributed by atoms with Crippen molar-refractivity contribution in [3.8, 4) is 0 Å². The molecule has 0 bridgehead atoms. The molecular weight excluding hydrogens is 284 g/mol. The van der Waals surface area contributed by atoms with Gasteiger partial charge in [-0.15, -0.1) is 0 Å². The molecule has 1 aromatic heterocycles. The summed E-state index contributed by atoms with van der Waals surface area (Å²) in [7, 11) is 0. The Morgan fingerprint density at radius 1 is 1.50 bits per heavy atom. The lowest BCUT2D eigenvalue weighted by atomic mass is 9.90. The third-order valence-corrected chi connectivity index (χ3v) is 4.24. The third kappa shape index (κ3) is 2.74. The first kappa shape index (κ1) is 15.1. The van der Waals surface area contributed by atoms with Crippen molar-refractivity contribution in [2.45, 2.75) is 44.9 Å². The Bertz CT molecular complexity index is 608. The van der Waals surface area contributed by atoms with Crippen molar-refractivity contribution in [2.24, 2.45) is 0 Å². The molecule has 1 aromatic rings. The fraction of sp³-hybridized carbons (Fsp3) is 0.625. The van der Waals surface area contributed by atoms with E-state index in [2.05, 4.69) is 4.85 Å². The van der Waals surface area contributed by atoms with Crippen LogP contribution in [0.1, 0.15) is 30.9 Å². The molecule has 2 aliphatic rings. The predicted molar refractivity (Wildman–Crippen MR) is 78.6 cm³/mol. The molecule has 6 heteroatoms. The smallest absolute Gasteiger partial charge is 0.309 e. The van der Waals surface area contributed by atoms with Gasteiger partial charge >= 0.3 is 5.97 Å². The van der Waals surface area contributed by atoms with Gasteiger partial charge in [-0.2, -0.15) is 0 Å². The Balaban J connectivity index is 1.77. The number of aromatic nitrogens is 1. The van der Waals surface area contributed by atoms with Crippen molar-refractivity contribution in [2.75, 3.05) is 19.8 Å². The predicted octanol–water partition coefficient (Wildman–Crippen LogP) is 2.22. The number of carbonyl (C=O) groups excluding carboxylic acids is 1. The largest absolute Gasteiger partial charge is 0.466 e. The van der Waals surface area contributed by atoms with E-state index in [0.717, 1.165) is 24.0 Å². The van der Waals surface area contributed by atoms with Crippen LogP contribution in [0.2, 0.25) is 0 Å². The van der Waals surface area contributed by atoms with Gasteiger partial charge in [0.25, 0.3) is 0 Å². The Labute approximate surface area is 129 Å². The minimum absolute atomic E-state index is 0.232. The van der Waals surface area contributed by atoms with E-state index < -0.39 is 5.79 Å². The monoisotopic (exact) mass is 304 g/mol. The SMILES string of the molecule is [C-]#[N+]c1c2c(cn1CCC(=O)OCC)CC1(CC2)OCCO1. The van der Waals surface area contributed by atoms with Crippen LogP contribution in [0.25, 0.3) is 4.85 Å². The van der Waals surface area contributed by atoms with E-state index in [9.17, 15) is 4.79 Å². The van der Waals surface area contributed by atoms with Gasteiger partial charge in [-0.05, 0) is 24.5 Å². The quantitative estimate of drug-likeness (QED) is 0.632. The molecule has 0 saturated carbocycles. The zero-order valence-corrected chi connectivity index (χ0v) is 12.8. The highest BCUT2D eigenvalue weighted by Crippen LogP contribution is 2.40. The Hall–Kier alpha value is -1.84. The first-order valence-electron chi connectivity index (χ1n) is 7.69. The maximum atomic E-state index is 11.5. The van der Waals surface area contributed by atoms with Crippen molar-refractivity contribution >= 4 is 11.8 Å². The second-order valence-electron chi connectivity index (χ2n) is 5.60. The number of esters is 1. The summed E-state index contributed by atoms with van der Waals surface area (Å²) in [4.78, 5) is 15.2. The molecule has 0 radical (unpaired) electrons. The molecule has 6 nitrogen and oxygen atoms in total. The number of aryl methyl sites for hydroxylation is 1. The number of carbonyl (C=O) groups is 1. The van der Waals surface area contributed by atoms with E-state index in [-0.39, 0.29) is 12.4 Å². The fourth-order valence-electron chi connectivity index (χ4n) is 3.25. The van der Waals surface area contributed by atoms with E-state index in [1.54, 1.807) is 6.92 Å². The van der Waals surface area contributed by atoms with Crippen molar-refractivity contribution in [3.05, 3.63) is 28.7 Å². The molecule has 1 aliphatic heterocycles. The van der Waals surface area contributed by atoms with Crippen molar-refractivity contribution in [1.29, 1.82) is 0 Å². The average Bonchev–Trinajstić information content (AvgIpc) is 3.09. The molecule has 0 N–H and O–H groups in total. The summed E-state index contributed by atoms with van der Waals surface area (Å²) in [5.74, 6) is -0.101. The van der Waals surface area contributed by atoms with Crippen LogP contribution in [0.15, 0.2) is 6.20 Å². The van der Waals surface area contributed by atoms with E-state index >= 15 is 0 Å². The molecule has 0 unspecified atom stereocenters. The van der Waals surface area contributed by atoms with Crippen LogP contribution in [-0.4, -0.2) is 36.1 Å². The van der Waals surface area contributed by atoms with Gasteiger partial charge in [0.2, 0.25) is 5.82 Å². The van der Waals surface area contributed by atoms with Crippen LogP contribution < -0.4 is 0 Å². The van der Waals surface area contributed by atoms with Gasteiger partial charge in [-0.25, -0.2) is 0 Å². The number of nitrogens with zero attached hydrogens (tertiary/aromatic N) is 2. The van der Waals surface area contributed by atoms with Gasteiger partial charge < -0.3 is 19.1 Å². The second kappa shape index (κ2) is 6.11. The number of ether oxygens (including phenoxy) is 3. The third-order valence-electron chi connectivity index (χ3n) is 4.24. The molecule has 0 aromatic carbocycles. The molecule has 1 aliphatic carbocycles. The zero-order chi connectivity index (χ0) is 15.6. The van der Waals surface area contributed by atoms with Crippen LogP contribution >= 0.6 is 0 Å². The summed E-state index contributed by atoms with van der Waals surface area (Å²) in [6.45, 7) is 11.3. The summed E-state index contributed by atoms with van der Waals surface area (Å²) >= 11 is 0. The van der Waals surface area contributed by atoms with Crippen molar-refractivity contribution < 1.29 is 19.0 Å². The van der Waals surface area contributed by atoms with Crippen molar-refractivity contribution in [1.82, 2.24) is 4.57 Å². The molecular formula is C16H20N2O4. The first-order valence-corrected chi connectivity index (χ1v) is 7.69. The molecule has 1 fully saturated rings. The maximum absolute atomic E-state index is 11.5. The number of rotatable bonds is 4. The first-order chi connectivity index (χ1) is 10.7. The van der Waals surface area contributed by atoms with Gasteiger partial charge in [0.05, 0.1) is 39.0 Å². The molecule has 1 saturated heterocycles. The van der Waals surface area contributed by atoms with Crippen LogP contribution in [0.4, 0.5) is 5.82 Å². The number of hydrogen-bond acceptors (Lipinski definition) is 4. The lowest BCUT2D eigenvalue weighted by molar-refractivity contribution is -0.163. The molecule has 1 spiro atoms. The molecule has 0 atom stereocenters. The Morgan fingerprint density at radius 2 is 2.27 bits per heavy atom.